The third-order valence-corrected chi connectivity index (χ3v) is 4.58. The van der Waals surface area contributed by atoms with Crippen LogP contribution in [-0.2, 0) is 7.05 Å². The number of nitrogens with one attached hydrogen (secondary N) is 2. The van der Waals surface area contributed by atoms with Gasteiger partial charge < -0.3 is 15.2 Å². The predicted molar refractivity (Wildman–Crippen MR) is 86.2 cm³/mol. The normalized spacial score (nSPS) is 16.5. The highest BCUT2D eigenvalue weighted by Crippen LogP contribution is 2.32. The molecule has 3 rings (SSSR count). The molecule has 2 heterocycles. The third kappa shape index (κ3) is 3.40. The lowest BCUT2D eigenvalue weighted by molar-refractivity contribution is -0.123. The lowest BCUT2D eigenvalue weighted by Crippen LogP contribution is -2.34. The molecule has 1 aliphatic rings. The van der Waals surface area contributed by atoms with Crippen molar-refractivity contribution < 1.29 is 18.0 Å². The number of carbonyl (C=O) groups is 1. The van der Waals surface area contributed by atoms with Gasteiger partial charge >= 0.3 is 6.18 Å². The van der Waals surface area contributed by atoms with Crippen LogP contribution in [0.25, 0.3) is 10.9 Å². The van der Waals surface area contributed by atoms with E-state index in [1.54, 1.807) is 17.7 Å². The van der Waals surface area contributed by atoms with Crippen LogP contribution in [0.1, 0.15) is 34.8 Å². The van der Waals surface area contributed by atoms with Gasteiger partial charge in [0.05, 0.1) is 0 Å². The van der Waals surface area contributed by atoms with Crippen LogP contribution in [-0.4, -0.2) is 36.3 Å². The first-order valence-electron chi connectivity index (χ1n) is 8.01. The Morgan fingerprint density at radius 1 is 1.33 bits per heavy atom. The van der Waals surface area contributed by atoms with Gasteiger partial charge in [0.15, 0.2) is 0 Å². The van der Waals surface area contributed by atoms with E-state index < -0.39 is 18.6 Å². The number of amides is 1. The summed E-state index contributed by atoms with van der Waals surface area (Å²) in [6.07, 6.45) is -2.38. The van der Waals surface area contributed by atoms with Crippen molar-refractivity contribution in [3.8, 4) is 0 Å². The van der Waals surface area contributed by atoms with Gasteiger partial charge in [-0.05, 0) is 49.5 Å². The number of hydrogen-bond donors (Lipinski definition) is 2. The molecule has 2 N–H and O–H groups in total. The summed E-state index contributed by atoms with van der Waals surface area (Å²) in [4.78, 5) is 12.1. The molecule has 130 valence electrons. The molecule has 0 aliphatic carbocycles. The summed E-state index contributed by atoms with van der Waals surface area (Å²) < 4.78 is 38.6. The molecule has 0 radical (unpaired) electrons. The first kappa shape index (κ1) is 16.8. The van der Waals surface area contributed by atoms with Gasteiger partial charge in [0.25, 0.3) is 5.91 Å². The topological polar surface area (TPSA) is 46.1 Å². The number of aromatic nitrogens is 1. The lowest BCUT2D eigenvalue weighted by atomic mass is 9.88. The van der Waals surface area contributed by atoms with Crippen LogP contribution in [0.15, 0.2) is 24.3 Å². The first-order valence-corrected chi connectivity index (χ1v) is 8.01. The van der Waals surface area contributed by atoms with Crippen molar-refractivity contribution in [1.29, 1.82) is 0 Å². The molecule has 0 bridgehead atoms. The van der Waals surface area contributed by atoms with Gasteiger partial charge in [-0.2, -0.15) is 13.2 Å². The predicted octanol–water partition coefficient (Wildman–Crippen LogP) is 2.94. The van der Waals surface area contributed by atoms with Crippen LogP contribution >= 0.6 is 0 Å². The van der Waals surface area contributed by atoms with Gasteiger partial charge in [-0.25, -0.2) is 0 Å². The van der Waals surface area contributed by atoms with Crippen molar-refractivity contribution in [3.05, 3.63) is 35.5 Å². The highest BCUT2D eigenvalue weighted by atomic mass is 19.4. The maximum Gasteiger partial charge on any atom is 0.405 e. The van der Waals surface area contributed by atoms with Gasteiger partial charge in [0.1, 0.15) is 12.2 Å². The molecule has 4 nitrogen and oxygen atoms in total. The highest BCUT2D eigenvalue weighted by molar-refractivity contribution is 5.99. The van der Waals surface area contributed by atoms with E-state index in [4.69, 9.17) is 0 Å². The SMILES string of the molecule is Cn1c(C(=O)NCC(F)(F)F)cc2c(C3CCNCC3)cccc21. The zero-order chi connectivity index (χ0) is 17.3. The summed E-state index contributed by atoms with van der Waals surface area (Å²) >= 11 is 0. The molecule has 1 fully saturated rings. The van der Waals surface area contributed by atoms with Crippen LogP contribution in [0, 0.1) is 0 Å². The Morgan fingerprint density at radius 3 is 2.71 bits per heavy atom. The summed E-state index contributed by atoms with van der Waals surface area (Å²) in [5, 5.41) is 6.22. The van der Waals surface area contributed by atoms with Crippen molar-refractivity contribution >= 4 is 16.8 Å². The maximum absolute atomic E-state index is 12.3. The second kappa shape index (κ2) is 6.47. The number of aryl methyl sites for hydroxylation is 1. The molecule has 1 aliphatic heterocycles. The fourth-order valence-corrected chi connectivity index (χ4v) is 3.36. The van der Waals surface area contributed by atoms with E-state index in [0.29, 0.717) is 5.92 Å². The number of benzene rings is 1. The molecule has 1 aromatic heterocycles. The number of rotatable bonds is 3. The van der Waals surface area contributed by atoms with E-state index in [1.807, 2.05) is 17.4 Å². The number of carbonyl (C=O) groups excluding carboxylic acids is 1. The van der Waals surface area contributed by atoms with Crippen molar-refractivity contribution in [2.24, 2.45) is 7.05 Å². The van der Waals surface area contributed by atoms with E-state index in [0.717, 1.165) is 36.8 Å². The molecular formula is C17H20F3N3O. The average Bonchev–Trinajstić information content (AvgIpc) is 2.90. The third-order valence-electron chi connectivity index (χ3n) is 4.58. The van der Waals surface area contributed by atoms with Gasteiger partial charge in [0, 0.05) is 18.0 Å². The van der Waals surface area contributed by atoms with E-state index in [9.17, 15) is 18.0 Å². The van der Waals surface area contributed by atoms with Crippen molar-refractivity contribution in [2.45, 2.75) is 24.9 Å². The molecule has 1 saturated heterocycles. The Kier molecular flexibility index (Phi) is 4.54. The largest absolute Gasteiger partial charge is 0.405 e. The van der Waals surface area contributed by atoms with Gasteiger partial charge in [-0.1, -0.05) is 12.1 Å². The summed E-state index contributed by atoms with van der Waals surface area (Å²) in [5.74, 6) is -0.300. The number of alkyl halides is 3. The number of piperidine rings is 1. The summed E-state index contributed by atoms with van der Waals surface area (Å²) in [7, 11) is 1.71. The quantitative estimate of drug-likeness (QED) is 0.903. The molecular weight excluding hydrogens is 319 g/mol. The molecule has 1 amide bonds. The molecule has 0 atom stereocenters. The van der Waals surface area contributed by atoms with Crippen LogP contribution < -0.4 is 10.6 Å². The minimum atomic E-state index is -4.42. The lowest BCUT2D eigenvalue weighted by Gasteiger charge is -2.23. The van der Waals surface area contributed by atoms with E-state index in [-0.39, 0.29) is 5.69 Å². The van der Waals surface area contributed by atoms with E-state index in [2.05, 4.69) is 11.4 Å². The number of fused-ring (bicyclic) bond motifs is 1. The van der Waals surface area contributed by atoms with Crippen LogP contribution in [0.4, 0.5) is 13.2 Å². The summed E-state index contributed by atoms with van der Waals surface area (Å²) in [6.45, 7) is 0.578. The van der Waals surface area contributed by atoms with Crippen LogP contribution in [0.3, 0.4) is 0 Å². The van der Waals surface area contributed by atoms with Crippen molar-refractivity contribution in [2.75, 3.05) is 19.6 Å². The standard InChI is InChI=1S/C17H20F3N3O/c1-23-14-4-2-3-12(11-5-7-21-8-6-11)13(14)9-15(23)16(24)22-10-17(18,19)20/h2-4,9,11,21H,5-8,10H2,1H3,(H,22,24). The van der Waals surface area contributed by atoms with Crippen LogP contribution in [0.2, 0.25) is 0 Å². The maximum atomic E-state index is 12.3. The Morgan fingerprint density at radius 2 is 2.04 bits per heavy atom. The van der Waals surface area contributed by atoms with Gasteiger partial charge in [0.2, 0.25) is 0 Å². The Hall–Kier alpha value is -2.02. The van der Waals surface area contributed by atoms with Gasteiger partial charge in [-0.3, -0.25) is 4.79 Å². The van der Waals surface area contributed by atoms with Crippen molar-refractivity contribution in [3.63, 3.8) is 0 Å². The molecule has 0 spiro atoms. The molecule has 1 aromatic carbocycles. The Labute approximate surface area is 138 Å². The average molecular weight is 339 g/mol. The monoisotopic (exact) mass is 339 g/mol. The Bertz CT molecular complexity index is 745. The fraction of sp³-hybridized carbons (Fsp3) is 0.471. The molecule has 2 aromatic rings. The van der Waals surface area contributed by atoms with Gasteiger partial charge in [-0.15, -0.1) is 0 Å². The summed E-state index contributed by atoms with van der Waals surface area (Å²) in [6, 6.07) is 7.59. The zero-order valence-corrected chi connectivity index (χ0v) is 13.4. The fourth-order valence-electron chi connectivity index (χ4n) is 3.36. The van der Waals surface area contributed by atoms with Crippen molar-refractivity contribution in [1.82, 2.24) is 15.2 Å². The molecule has 24 heavy (non-hydrogen) atoms. The highest BCUT2D eigenvalue weighted by Gasteiger charge is 2.29. The first-order chi connectivity index (χ1) is 11.4. The zero-order valence-electron chi connectivity index (χ0n) is 13.4. The minimum Gasteiger partial charge on any atom is -0.342 e. The molecule has 0 unspecified atom stereocenters. The second-order valence-corrected chi connectivity index (χ2v) is 6.19. The molecule has 0 saturated carbocycles. The number of nitrogens with zero attached hydrogens (tertiary/aromatic N) is 1. The van der Waals surface area contributed by atoms with E-state index >= 15 is 0 Å². The van der Waals surface area contributed by atoms with Crippen LogP contribution in [0.5, 0.6) is 0 Å². The van der Waals surface area contributed by atoms with E-state index in [1.165, 1.54) is 5.56 Å². The number of halogens is 3. The molecule has 7 heteroatoms. The number of hydrogen-bond acceptors (Lipinski definition) is 2. The second-order valence-electron chi connectivity index (χ2n) is 6.19. The smallest absolute Gasteiger partial charge is 0.342 e. The summed E-state index contributed by atoms with van der Waals surface area (Å²) in [5.41, 5.74) is 2.28. The minimum absolute atomic E-state index is 0.246. The Balaban J connectivity index is 1.93.